The van der Waals surface area contributed by atoms with E-state index in [9.17, 15) is 0 Å². The van der Waals surface area contributed by atoms with Crippen molar-refractivity contribution in [2.45, 2.75) is 38.0 Å². The van der Waals surface area contributed by atoms with Gasteiger partial charge in [0.2, 0.25) is 16.6 Å². The van der Waals surface area contributed by atoms with E-state index >= 15 is 0 Å². The van der Waals surface area contributed by atoms with E-state index in [4.69, 9.17) is 8.85 Å². The van der Waals surface area contributed by atoms with Crippen molar-refractivity contribution in [2.24, 2.45) is 0 Å². The van der Waals surface area contributed by atoms with Crippen LogP contribution in [-0.4, -0.2) is 34.8 Å². The maximum Gasteiger partial charge on any atom is 0.231 e. The fourth-order valence-electron chi connectivity index (χ4n) is 4.99. The second-order valence-corrected chi connectivity index (χ2v) is 15.8. The van der Waals surface area contributed by atoms with Crippen molar-refractivity contribution in [1.29, 1.82) is 0 Å². The predicted octanol–water partition coefficient (Wildman–Crippen LogP) is 6.44. The molecule has 0 saturated carbocycles. The number of hydrogen-bond donors (Lipinski definition) is 1. The first-order valence-corrected chi connectivity index (χ1v) is 16.5. The summed E-state index contributed by atoms with van der Waals surface area (Å²) in [6.45, 7) is 21.6. The molecule has 0 bridgehead atoms. The molecule has 33 heavy (non-hydrogen) atoms. The lowest BCUT2D eigenvalue weighted by Gasteiger charge is -2.30. The molecule has 3 aromatic rings. The lowest BCUT2D eigenvalue weighted by atomic mass is 10.1. The third-order valence-corrected chi connectivity index (χ3v) is 14.6. The van der Waals surface area contributed by atoms with E-state index in [0.717, 1.165) is 35.2 Å². The summed E-state index contributed by atoms with van der Waals surface area (Å²) in [7, 11) is -4.46. The molecule has 0 amide bonds. The van der Waals surface area contributed by atoms with Gasteiger partial charge in [-0.1, -0.05) is 48.6 Å². The molecule has 0 aliphatic heterocycles. The van der Waals surface area contributed by atoms with E-state index in [1.165, 1.54) is 21.1 Å². The first-order valence-electron chi connectivity index (χ1n) is 11.8. The number of allylic oxidation sites excluding steroid dienone is 4. The van der Waals surface area contributed by atoms with Crippen molar-refractivity contribution in [2.75, 3.05) is 13.2 Å². The Balaban J connectivity index is 2.24. The zero-order valence-electron chi connectivity index (χ0n) is 20.2. The normalized spacial score (nSPS) is 12.2. The topological polar surface area (TPSA) is 34.2 Å². The summed E-state index contributed by atoms with van der Waals surface area (Å²) in [5.74, 6) is 0. The zero-order chi connectivity index (χ0) is 23.9. The molecule has 0 saturated heterocycles. The molecule has 0 aliphatic rings. The van der Waals surface area contributed by atoms with Gasteiger partial charge in [0.15, 0.2) is 0 Å². The highest BCUT2D eigenvalue weighted by atomic mass is 28.4. The molecule has 0 unspecified atom stereocenters. The number of fused-ring (bicyclic) bond motifs is 3. The fourth-order valence-corrected chi connectivity index (χ4v) is 11.6. The molecule has 1 heterocycles. The van der Waals surface area contributed by atoms with Gasteiger partial charge in [0.25, 0.3) is 0 Å². The lowest BCUT2D eigenvalue weighted by molar-refractivity contribution is 0.333. The van der Waals surface area contributed by atoms with Gasteiger partial charge in [0.1, 0.15) is 0 Å². The van der Waals surface area contributed by atoms with Crippen LogP contribution < -0.4 is 10.4 Å². The molecular weight excluding hydrogens is 438 g/mol. The first-order chi connectivity index (χ1) is 16.0. The third kappa shape index (κ3) is 4.92. The van der Waals surface area contributed by atoms with Gasteiger partial charge >= 0.3 is 0 Å². The van der Waals surface area contributed by atoms with E-state index in [1.807, 2.05) is 24.3 Å². The monoisotopic (exact) mass is 475 g/mol. The highest BCUT2D eigenvalue weighted by molar-refractivity contribution is 6.88. The average molecular weight is 476 g/mol. The summed E-state index contributed by atoms with van der Waals surface area (Å²) in [6.07, 6.45) is 7.98. The number of hydrogen-bond acceptors (Lipinski definition) is 2. The Kier molecular flexibility index (Phi) is 8.48. The SMILES string of the molecule is C=CC[Si](CC=C)(OCC)c1ccc2[nH]c3ccc([Si](CC=C)(CC=C)OCC)cc3c2c1. The number of nitrogens with one attached hydrogen (secondary N) is 1. The van der Waals surface area contributed by atoms with Gasteiger partial charge in [-0.3, -0.25) is 0 Å². The van der Waals surface area contributed by atoms with Gasteiger partial charge in [-0.15, -0.1) is 26.3 Å². The number of H-pyrrole nitrogens is 1. The van der Waals surface area contributed by atoms with E-state index in [1.54, 1.807) is 0 Å². The van der Waals surface area contributed by atoms with Crippen LogP contribution in [0.2, 0.25) is 24.2 Å². The average Bonchev–Trinajstić information content (AvgIpc) is 3.17. The highest BCUT2D eigenvalue weighted by Crippen LogP contribution is 2.29. The Bertz CT molecular complexity index is 1040. The van der Waals surface area contributed by atoms with Crippen molar-refractivity contribution in [1.82, 2.24) is 4.98 Å². The van der Waals surface area contributed by atoms with Crippen LogP contribution in [0.5, 0.6) is 0 Å². The maximum atomic E-state index is 6.46. The Hall–Kier alpha value is -2.45. The molecule has 1 aromatic heterocycles. The lowest BCUT2D eigenvalue weighted by Crippen LogP contribution is -2.50. The quantitative estimate of drug-likeness (QED) is 0.215. The molecule has 3 nitrogen and oxygen atoms in total. The second kappa shape index (κ2) is 11.1. The number of aromatic nitrogens is 1. The minimum Gasteiger partial charge on any atom is -0.412 e. The van der Waals surface area contributed by atoms with Crippen molar-refractivity contribution >= 4 is 48.8 Å². The van der Waals surface area contributed by atoms with Crippen molar-refractivity contribution < 1.29 is 8.85 Å². The van der Waals surface area contributed by atoms with Gasteiger partial charge in [-0.25, -0.2) is 0 Å². The summed E-state index contributed by atoms with van der Waals surface area (Å²) in [5.41, 5.74) is 2.28. The van der Waals surface area contributed by atoms with Crippen molar-refractivity contribution in [3.05, 3.63) is 87.0 Å². The van der Waals surface area contributed by atoms with Crippen LogP contribution >= 0.6 is 0 Å². The van der Waals surface area contributed by atoms with E-state index in [0.29, 0.717) is 13.2 Å². The first kappa shape index (κ1) is 25.2. The third-order valence-electron chi connectivity index (χ3n) is 6.39. The molecule has 3 rings (SSSR count). The number of benzene rings is 2. The van der Waals surface area contributed by atoms with Crippen molar-refractivity contribution in [3.8, 4) is 0 Å². The van der Waals surface area contributed by atoms with Crippen molar-refractivity contribution in [3.63, 3.8) is 0 Å². The minimum absolute atomic E-state index is 0.690. The smallest absolute Gasteiger partial charge is 0.231 e. The van der Waals surface area contributed by atoms with Crippen LogP contribution in [0.1, 0.15) is 13.8 Å². The second-order valence-electron chi connectivity index (χ2n) is 8.47. The van der Waals surface area contributed by atoms with Gasteiger partial charge in [-0.2, -0.15) is 0 Å². The molecular formula is C28H37NO2Si2. The largest absolute Gasteiger partial charge is 0.412 e. The molecule has 1 N–H and O–H groups in total. The minimum atomic E-state index is -2.23. The van der Waals surface area contributed by atoms with Crippen LogP contribution in [-0.2, 0) is 8.85 Å². The van der Waals surface area contributed by atoms with Crippen LogP contribution in [0.4, 0.5) is 0 Å². The summed E-state index contributed by atoms with van der Waals surface area (Å²) in [6, 6.07) is 17.0. The van der Waals surface area contributed by atoms with E-state index in [2.05, 4.69) is 81.5 Å². The van der Waals surface area contributed by atoms with Crippen LogP contribution in [0.15, 0.2) is 87.0 Å². The summed E-state index contributed by atoms with van der Waals surface area (Å²) in [5, 5.41) is 5.03. The molecule has 5 heteroatoms. The number of aromatic amines is 1. The predicted molar refractivity (Wildman–Crippen MR) is 150 cm³/mol. The van der Waals surface area contributed by atoms with Gasteiger partial charge in [-0.05, 0) is 60.5 Å². The van der Waals surface area contributed by atoms with Crippen LogP contribution in [0.3, 0.4) is 0 Å². The van der Waals surface area contributed by atoms with E-state index < -0.39 is 16.6 Å². The molecule has 0 fully saturated rings. The van der Waals surface area contributed by atoms with Crippen LogP contribution in [0, 0.1) is 0 Å². The molecule has 0 radical (unpaired) electrons. The standard InChI is InChI=1S/C28H37NO2Si2/c1-7-17-32(18-8-2,30-11-5)23-13-15-27-25(21-23)26-22-24(14-16-28(26)29-27)33(19-9-3,20-10-4)31-12-6/h7-10,13-16,21-22,29H,1-4,11-12,17-20H2,5-6H3. The molecule has 174 valence electrons. The Morgan fingerprint density at radius 3 is 1.33 bits per heavy atom. The fraction of sp³-hybridized carbons (Fsp3) is 0.286. The molecule has 2 aromatic carbocycles. The van der Waals surface area contributed by atoms with E-state index in [-0.39, 0.29) is 0 Å². The van der Waals surface area contributed by atoms with Gasteiger partial charge < -0.3 is 13.8 Å². The molecule has 0 spiro atoms. The highest BCUT2D eigenvalue weighted by Gasteiger charge is 2.36. The Labute approximate surface area is 200 Å². The van der Waals surface area contributed by atoms with Gasteiger partial charge in [0.05, 0.1) is 0 Å². The molecule has 0 aliphatic carbocycles. The molecule has 0 atom stereocenters. The summed E-state index contributed by atoms with van der Waals surface area (Å²) < 4.78 is 12.9. The zero-order valence-corrected chi connectivity index (χ0v) is 22.2. The Morgan fingerprint density at radius 1 is 0.667 bits per heavy atom. The Morgan fingerprint density at radius 2 is 1.03 bits per heavy atom. The van der Waals surface area contributed by atoms with Gasteiger partial charge in [0, 0.05) is 35.0 Å². The summed E-state index contributed by atoms with van der Waals surface area (Å²) in [4.78, 5) is 3.60. The number of rotatable bonds is 14. The maximum absolute atomic E-state index is 6.46. The summed E-state index contributed by atoms with van der Waals surface area (Å²) >= 11 is 0. The van der Waals surface area contributed by atoms with Crippen LogP contribution in [0.25, 0.3) is 21.8 Å².